The quantitative estimate of drug-likeness (QED) is 0.553. The van der Waals surface area contributed by atoms with Crippen LogP contribution in [0.15, 0.2) is 83.8 Å². The predicted molar refractivity (Wildman–Crippen MR) is 102 cm³/mol. The van der Waals surface area contributed by atoms with Crippen molar-refractivity contribution in [3.8, 4) is 23.0 Å². The summed E-state index contributed by atoms with van der Waals surface area (Å²) in [5, 5.41) is 6.64. The number of para-hydroxylation sites is 1. The molecule has 0 unspecified atom stereocenters. The Morgan fingerprint density at radius 2 is 1.93 bits per heavy atom. The number of rotatable bonds is 6. The zero-order valence-corrected chi connectivity index (χ0v) is 14.8. The summed E-state index contributed by atoms with van der Waals surface area (Å²) in [7, 11) is 0. The molecule has 0 saturated carbocycles. The van der Waals surface area contributed by atoms with E-state index in [1.165, 1.54) is 0 Å². The first-order chi connectivity index (χ1) is 13.8. The molecule has 28 heavy (non-hydrogen) atoms. The van der Waals surface area contributed by atoms with Crippen molar-refractivity contribution < 1.29 is 14.1 Å². The van der Waals surface area contributed by atoms with Crippen LogP contribution in [0.5, 0.6) is 11.6 Å². The van der Waals surface area contributed by atoms with E-state index < -0.39 is 0 Å². The fourth-order valence-electron chi connectivity index (χ4n) is 2.53. The second-order valence-electron chi connectivity index (χ2n) is 5.92. The van der Waals surface area contributed by atoms with Crippen molar-refractivity contribution in [2.45, 2.75) is 6.54 Å². The number of hydrogen-bond acceptors (Lipinski definition) is 6. The van der Waals surface area contributed by atoms with E-state index in [0.29, 0.717) is 23.9 Å². The first kappa shape index (κ1) is 17.4. The van der Waals surface area contributed by atoms with Crippen molar-refractivity contribution in [2.75, 3.05) is 0 Å². The van der Waals surface area contributed by atoms with Gasteiger partial charge in [0.2, 0.25) is 5.88 Å². The Labute approximate surface area is 161 Å². The Morgan fingerprint density at radius 3 is 2.75 bits per heavy atom. The summed E-state index contributed by atoms with van der Waals surface area (Å²) in [6.45, 7) is 0.307. The molecular formula is C21H16N4O3. The number of pyridine rings is 2. The van der Waals surface area contributed by atoms with E-state index in [1.54, 1.807) is 36.8 Å². The molecule has 3 heterocycles. The second kappa shape index (κ2) is 8.13. The summed E-state index contributed by atoms with van der Waals surface area (Å²) in [6.07, 6.45) is 4.95. The van der Waals surface area contributed by atoms with Crippen LogP contribution in [0.25, 0.3) is 11.3 Å². The number of hydrogen-bond donors (Lipinski definition) is 1. The second-order valence-corrected chi connectivity index (χ2v) is 5.92. The third kappa shape index (κ3) is 4.21. The highest BCUT2D eigenvalue weighted by atomic mass is 16.5. The number of carbonyl (C=O) groups is 1. The first-order valence-corrected chi connectivity index (χ1v) is 8.61. The Balaban J connectivity index is 1.39. The summed E-state index contributed by atoms with van der Waals surface area (Å²) < 4.78 is 10.9. The van der Waals surface area contributed by atoms with Crippen LogP contribution >= 0.6 is 0 Å². The maximum absolute atomic E-state index is 12.3. The van der Waals surface area contributed by atoms with Crippen LogP contribution in [0.4, 0.5) is 0 Å². The highest BCUT2D eigenvalue weighted by Gasteiger charge is 2.13. The van der Waals surface area contributed by atoms with Gasteiger partial charge in [0.15, 0.2) is 11.5 Å². The zero-order chi connectivity index (χ0) is 19.2. The van der Waals surface area contributed by atoms with Gasteiger partial charge in [0.25, 0.3) is 5.91 Å². The minimum absolute atomic E-state index is 0.202. The molecule has 7 heteroatoms. The van der Waals surface area contributed by atoms with Crippen molar-refractivity contribution >= 4 is 5.91 Å². The Kier molecular flexibility index (Phi) is 5.06. The highest BCUT2D eigenvalue weighted by molar-refractivity contribution is 5.93. The summed E-state index contributed by atoms with van der Waals surface area (Å²) in [5.74, 6) is 1.31. The largest absolute Gasteiger partial charge is 0.439 e. The van der Waals surface area contributed by atoms with E-state index in [2.05, 4.69) is 20.4 Å². The highest BCUT2D eigenvalue weighted by Crippen LogP contribution is 2.20. The van der Waals surface area contributed by atoms with Crippen molar-refractivity contribution in [1.82, 2.24) is 20.4 Å². The van der Waals surface area contributed by atoms with Crippen LogP contribution in [0.1, 0.15) is 16.1 Å². The van der Waals surface area contributed by atoms with Crippen molar-refractivity contribution in [1.29, 1.82) is 0 Å². The van der Waals surface area contributed by atoms with Gasteiger partial charge in [-0.05, 0) is 35.9 Å². The molecule has 1 amide bonds. The lowest BCUT2D eigenvalue weighted by Gasteiger charge is -2.07. The number of nitrogens with zero attached hydrogens (tertiary/aromatic N) is 3. The van der Waals surface area contributed by atoms with E-state index >= 15 is 0 Å². The Hall–Kier alpha value is -4.00. The van der Waals surface area contributed by atoms with Gasteiger partial charge < -0.3 is 14.6 Å². The smallest absolute Gasteiger partial charge is 0.273 e. The summed E-state index contributed by atoms with van der Waals surface area (Å²) in [5.41, 5.74) is 1.81. The molecule has 3 aromatic heterocycles. The number of ether oxygens (including phenoxy) is 1. The van der Waals surface area contributed by atoms with E-state index in [4.69, 9.17) is 9.26 Å². The molecule has 0 aliphatic heterocycles. The molecule has 4 aromatic rings. The molecule has 0 atom stereocenters. The standard InChI is InChI=1S/C21H16N4O3/c26-21(18-12-19(28-25-18)16-5-4-9-22-14-16)24-13-15-8-10-23-20(11-15)27-17-6-2-1-3-7-17/h1-12,14H,13H2,(H,24,26). The van der Waals surface area contributed by atoms with Crippen LogP contribution in [-0.4, -0.2) is 21.0 Å². The number of carbonyl (C=O) groups excluding carboxylic acids is 1. The lowest BCUT2D eigenvalue weighted by Crippen LogP contribution is -2.23. The van der Waals surface area contributed by atoms with Gasteiger partial charge in [-0.25, -0.2) is 4.98 Å². The number of nitrogens with one attached hydrogen (secondary N) is 1. The van der Waals surface area contributed by atoms with Crippen LogP contribution < -0.4 is 10.1 Å². The number of amides is 1. The molecule has 0 bridgehead atoms. The summed E-state index contributed by atoms with van der Waals surface area (Å²) in [6, 6.07) is 18.2. The molecule has 0 aliphatic rings. The van der Waals surface area contributed by atoms with Crippen molar-refractivity contribution in [3.63, 3.8) is 0 Å². The summed E-state index contributed by atoms with van der Waals surface area (Å²) >= 11 is 0. The minimum Gasteiger partial charge on any atom is -0.439 e. The van der Waals surface area contributed by atoms with Gasteiger partial charge in [-0.1, -0.05) is 23.4 Å². The van der Waals surface area contributed by atoms with Crippen LogP contribution in [0.3, 0.4) is 0 Å². The van der Waals surface area contributed by atoms with Crippen molar-refractivity contribution in [3.05, 3.63) is 90.5 Å². The molecule has 0 spiro atoms. The third-order valence-electron chi connectivity index (χ3n) is 3.91. The molecule has 1 N–H and O–H groups in total. The molecule has 0 radical (unpaired) electrons. The normalized spacial score (nSPS) is 10.4. The van der Waals surface area contributed by atoms with Crippen molar-refractivity contribution in [2.24, 2.45) is 0 Å². The molecule has 0 fully saturated rings. The van der Waals surface area contributed by atoms with Crippen LogP contribution in [-0.2, 0) is 6.54 Å². The topological polar surface area (TPSA) is 90.1 Å². The molecule has 0 saturated heterocycles. The average Bonchev–Trinajstić information content (AvgIpc) is 3.24. The van der Waals surface area contributed by atoms with E-state index in [1.807, 2.05) is 42.5 Å². The van der Waals surface area contributed by atoms with Gasteiger partial charge in [0.1, 0.15) is 5.75 Å². The maximum atomic E-state index is 12.3. The van der Waals surface area contributed by atoms with Gasteiger partial charge in [-0.15, -0.1) is 0 Å². The lowest BCUT2D eigenvalue weighted by atomic mass is 10.2. The van der Waals surface area contributed by atoms with E-state index in [9.17, 15) is 4.79 Å². The van der Waals surface area contributed by atoms with E-state index in [-0.39, 0.29) is 11.6 Å². The molecular weight excluding hydrogens is 356 g/mol. The summed E-state index contributed by atoms with van der Waals surface area (Å²) in [4.78, 5) is 20.6. The van der Waals surface area contributed by atoms with Gasteiger partial charge in [-0.2, -0.15) is 0 Å². The minimum atomic E-state index is -0.332. The first-order valence-electron chi connectivity index (χ1n) is 8.61. The van der Waals surface area contributed by atoms with Gasteiger partial charge in [-0.3, -0.25) is 9.78 Å². The van der Waals surface area contributed by atoms with Gasteiger partial charge >= 0.3 is 0 Å². The molecule has 1 aromatic carbocycles. The molecule has 138 valence electrons. The average molecular weight is 372 g/mol. The fraction of sp³-hybridized carbons (Fsp3) is 0.0476. The predicted octanol–water partition coefficient (Wildman–Crippen LogP) is 3.85. The molecule has 7 nitrogen and oxygen atoms in total. The van der Waals surface area contributed by atoms with E-state index in [0.717, 1.165) is 11.1 Å². The zero-order valence-electron chi connectivity index (χ0n) is 14.8. The number of benzene rings is 1. The Morgan fingerprint density at radius 1 is 1.04 bits per heavy atom. The van der Waals surface area contributed by atoms with Gasteiger partial charge in [0, 0.05) is 42.8 Å². The van der Waals surface area contributed by atoms with Crippen LogP contribution in [0, 0.1) is 0 Å². The molecule has 4 rings (SSSR count). The molecule has 0 aliphatic carbocycles. The third-order valence-corrected chi connectivity index (χ3v) is 3.91. The number of aromatic nitrogens is 3. The van der Waals surface area contributed by atoms with Gasteiger partial charge in [0.05, 0.1) is 0 Å². The Bertz CT molecular complexity index is 1070. The maximum Gasteiger partial charge on any atom is 0.273 e. The fourth-order valence-corrected chi connectivity index (χ4v) is 2.53. The van der Waals surface area contributed by atoms with Crippen LogP contribution in [0.2, 0.25) is 0 Å². The SMILES string of the molecule is O=C(NCc1ccnc(Oc2ccccc2)c1)c1cc(-c2cccnc2)on1. The monoisotopic (exact) mass is 372 g/mol. The lowest BCUT2D eigenvalue weighted by molar-refractivity contribution is 0.0942.